The van der Waals surface area contributed by atoms with Gasteiger partial charge in [0.05, 0.1) is 11.2 Å². The van der Waals surface area contributed by atoms with Gasteiger partial charge in [-0.05, 0) is 48.0 Å². The standard InChI is InChI=1S/C22H21N3O7S/c26-21(23-8-9-24-22(27)19-5-2-10-30-19)16-3-1-4-17(12-16)33(28,29)25-13-15-6-7-18-20(11-15)32-14-31-18/h1-7,10-12,25H,8-9,13-14H2,(H,23,26)(H,24,27). The van der Waals surface area contributed by atoms with E-state index in [0.717, 1.165) is 0 Å². The molecule has 4 rings (SSSR count). The van der Waals surface area contributed by atoms with Crippen molar-refractivity contribution in [2.24, 2.45) is 0 Å². The largest absolute Gasteiger partial charge is 0.459 e. The minimum absolute atomic E-state index is 0.0398. The van der Waals surface area contributed by atoms with Crippen molar-refractivity contribution in [1.29, 1.82) is 0 Å². The lowest BCUT2D eigenvalue weighted by molar-refractivity contribution is 0.0910. The summed E-state index contributed by atoms with van der Waals surface area (Å²) in [7, 11) is -3.86. The van der Waals surface area contributed by atoms with Gasteiger partial charge in [-0.2, -0.15) is 0 Å². The first-order valence-electron chi connectivity index (χ1n) is 10.0. The van der Waals surface area contributed by atoms with Crippen LogP contribution < -0.4 is 24.8 Å². The van der Waals surface area contributed by atoms with Gasteiger partial charge in [-0.25, -0.2) is 13.1 Å². The minimum Gasteiger partial charge on any atom is -0.459 e. The van der Waals surface area contributed by atoms with E-state index in [0.29, 0.717) is 17.1 Å². The summed E-state index contributed by atoms with van der Waals surface area (Å²) in [6.07, 6.45) is 1.39. The van der Waals surface area contributed by atoms with E-state index in [1.807, 2.05) is 0 Å². The molecule has 0 saturated heterocycles. The molecule has 1 aliphatic rings. The highest BCUT2D eigenvalue weighted by molar-refractivity contribution is 7.89. The molecular formula is C22H21N3O7S. The van der Waals surface area contributed by atoms with Gasteiger partial charge in [0.15, 0.2) is 17.3 Å². The molecule has 2 heterocycles. The second-order valence-corrected chi connectivity index (χ2v) is 8.80. The SMILES string of the molecule is O=C(NCCNC(=O)c1ccco1)c1cccc(S(=O)(=O)NCc2ccc3c(c2)OCO3)c1. The van der Waals surface area contributed by atoms with Crippen molar-refractivity contribution in [2.75, 3.05) is 19.9 Å². The first-order chi connectivity index (χ1) is 15.9. The maximum Gasteiger partial charge on any atom is 0.287 e. The molecule has 2 aromatic carbocycles. The maximum absolute atomic E-state index is 12.7. The van der Waals surface area contributed by atoms with Crippen molar-refractivity contribution < 1.29 is 31.9 Å². The Morgan fingerprint density at radius 1 is 0.879 bits per heavy atom. The topological polar surface area (TPSA) is 136 Å². The van der Waals surface area contributed by atoms with Gasteiger partial charge >= 0.3 is 0 Å². The summed E-state index contributed by atoms with van der Waals surface area (Å²) in [6.45, 7) is 0.519. The maximum atomic E-state index is 12.7. The Morgan fingerprint density at radius 2 is 1.67 bits per heavy atom. The lowest BCUT2D eigenvalue weighted by Gasteiger charge is -2.10. The number of carbonyl (C=O) groups is 2. The number of hydrogen-bond donors (Lipinski definition) is 3. The fourth-order valence-corrected chi connectivity index (χ4v) is 4.13. The van der Waals surface area contributed by atoms with Crippen LogP contribution in [-0.4, -0.2) is 40.1 Å². The summed E-state index contributed by atoms with van der Waals surface area (Å²) in [5, 5.41) is 5.24. The molecule has 2 amide bonds. The minimum atomic E-state index is -3.86. The van der Waals surface area contributed by atoms with Gasteiger partial charge in [0.25, 0.3) is 11.8 Å². The summed E-state index contributed by atoms with van der Waals surface area (Å²) in [4.78, 5) is 24.2. The lowest BCUT2D eigenvalue weighted by atomic mass is 10.2. The zero-order chi connectivity index (χ0) is 23.3. The summed E-state index contributed by atoms with van der Waals surface area (Å²) in [5.74, 6) is 0.491. The Labute approximate surface area is 189 Å². The van der Waals surface area contributed by atoms with E-state index in [-0.39, 0.29) is 42.6 Å². The van der Waals surface area contributed by atoms with Crippen LogP contribution in [0.5, 0.6) is 11.5 Å². The molecule has 3 aromatic rings. The molecule has 0 aliphatic carbocycles. The van der Waals surface area contributed by atoms with Gasteiger partial charge in [0.2, 0.25) is 16.8 Å². The molecule has 0 spiro atoms. The Morgan fingerprint density at radius 3 is 2.45 bits per heavy atom. The van der Waals surface area contributed by atoms with Crippen molar-refractivity contribution in [3.05, 3.63) is 77.7 Å². The van der Waals surface area contributed by atoms with Crippen LogP contribution in [0.25, 0.3) is 0 Å². The van der Waals surface area contributed by atoms with Gasteiger partial charge in [-0.15, -0.1) is 0 Å². The van der Waals surface area contributed by atoms with Crippen molar-refractivity contribution in [2.45, 2.75) is 11.4 Å². The van der Waals surface area contributed by atoms with E-state index in [2.05, 4.69) is 15.4 Å². The number of carbonyl (C=O) groups excluding carboxylic acids is 2. The van der Waals surface area contributed by atoms with E-state index in [1.165, 1.54) is 36.6 Å². The zero-order valence-corrected chi connectivity index (χ0v) is 18.2. The predicted octanol–water partition coefficient (Wildman–Crippen LogP) is 1.65. The first kappa shape index (κ1) is 22.4. The van der Waals surface area contributed by atoms with E-state index in [9.17, 15) is 18.0 Å². The Bertz CT molecular complexity index is 1260. The number of sulfonamides is 1. The molecule has 0 unspecified atom stereocenters. The van der Waals surface area contributed by atoms with Gasteiger partial charge in [-0.1, -0.05) is 12.1 Å². The highest BCUT2D eigenvalue weighted by Gasteiger charge is 2.18. The molecule has 172 valence electrons. The number of furan rings is 1. The number of ether oxygens (including phenoxy) is 2. The van der Waals surface area contributed by atoms with Crippen LogP contribution in [0.1, 0.15) is 26.5 Å². The van der Waals surface area contributed by atoms with E-state index < -0.39 is 21.8 Å². The molecule has 0 bridgehead atoms. The average Bonchev–Trinajstić information content (AvgIpc) is 3.52. The monoisotopic (exact) mass is 471 g/mol. The number of benzene rings is 2. The van der Waals surface area contributed by atoms with Crippen LogP contribution in [-0.2, 0) is 16.6 Å². The van der Waals surface area contributed by atoms with Crippen LogP contribution in [0.4, 0.5) is 0 Å². The fourth-order valence-electron chi connectivity index (χ4n) is 3.07. The first-order valence-corrected chi connectivity index (χ1v) is 11.5. The highest BCUT2D eigenvalue weighted by atomic mass is 32.2. The molecule has 1 aliphatic heterocycles. The summed E-state index contributed by atoms with van der Waals surface area (Å²) < 4.78 is 43.5. The smallest absolute Gasteiger partial charge is 0.287 e. The molecule has 11 heteroatoms. The third-order valence-electron chi connectivity index (χ3n) is 4.75. The summed E-state index contributed by atoms with van der Waals surface area (Å²) >= 11 is 0. The van der Waals surface area contributed by atoms with Gasteiger partial charge in [0, 0.05) is 25.2 Å². The van der Waals surface area contributed by atoms with Gasteiger partial charge < -0.3 is 24.5 Å². The number of rotatable bonds is 9. The van der Waals surface area contributed by atoms with Crippen molar-refractivity contribution >= 4 is 21.8 Å². The zero-order valence-electron chi connectivity index (χ0n) is 17.4. The van der Waals surface area contributed by atoms with Crippen molar-refractivity contribution in [3.63, 3.8) is 0 Å². The Kier molecular flexibility index (Phi) is 6.61. The van der Waals surface area contributed by atoms with E-state index in [1.54, 1.807) is 24.3 Å². The van der Waals surface area contributed by atoms with Crippen LogP contribution in [0.15, 0.2) is 70.2 Å². The molecule has 0 atom stereocenters. The van der Waals surface area contributed by atoms with Crippen molar-refractivity contribution in [3.8, 4) is 11.5 Å². The van der Waals surface area contributed by atoms with Crippen molar-refractivity contribution in [1.82, 2.24) is 15.4 Å². The fraction of sp³-hybridized carbons (Fsp3) is 0.182. The molecule has 1 aromatic heterocycles. The molecule has 3 N–H and O–H groups in total. The number of fused-ring (bicyclic) bond motifs is 1. The van der Waals surface area contributed by atoms with Crippen LogP contribution in [0, 0.1) is 0 Å². The molecule has 33 heavy (non-hydrogen) atoms. The number of hydrogen-bond acceptors (Lipinski definition) is 7. The molecular weight excluding hydrogens is 450 g/mol. The number of amides is 2. The normalized spacial score (nSPS) is 12.4. The molecule has 10 nitrogen and oxygen atoms in total. The number of nitrogens with one attached hydrogen (secondary N) is 3. The third-order valence-corrected chi connectivity index (χ3v) is 6.15. The summed E-state index contributed by atoms with van der Waals surface area (Å²) in [5.41, 5.74) is 0.881. The quantitative estimate of drug-likeness (QED) is 0.404. The highest BCUT2D eigenvalue weighted by Crippen LogP contribution is 2.32. The van der Waals surface area contributed by atoms with Crippen LogP contribution >= 0.6 is 0 Å². The molecule has 0 radical (unpaired) electrons. The average molecular weight is 471 g/mol. The Balaban J connectivity index is 1.31. The summed E-state index contributed by atoms with van der Waals surface area (Å²) in [6, 6.07) is 14.0. The van der Waals surface area contributed by atoms with Crippen LogP contribution in [0.3, 0.4) is 0 Å². The lowest BCUT2D eigenvalue weighted by Crippen LogP contribution is -2.34. The second-order valence-electron chi connectivity index (χ2n) is 7.03. The Hall–Kier alpha value is -3.83. The van der Waals surface area contributed by atoms with Crippen LogP contribution in [0.2, 0.25) is 0 Å². The van der Waals surface area contributed by atoms with E-state index >= 15 is 0 Å². The molecule has 0 saturated carbocycles. The van der Waals surface area contributed by atoms with Gasteiger partial charge in [-0.3, -0.25) is 9.59 Å². The van der Waals surface area contributed by atoms with Gasteiger partial charge in [0.1, 0.15) is 0 Å². The van der Waals surface area contributed by atoms with E-state index in [4.69, 9.17) is 13.9 Å². The molecule has 0 fully saturated rings. The predicted molar refractivity (Wildman–Crippen MR) is 116 cm³/mol. The second kappa shape index (κ2) is 9.76. The third kappa shape index (κ3) is 5.51.